The summed E-state index contributed by atoms with van der Waals surface area (Å²) in [6.07, 6.45) is -1.26. The topological polar surface area (TPSA) is 108 Å². The van der Waals surface area contributed by atoms with Crippen molar-refractivity contribution in [2.24, 2.45) is 16.8 Å². The van der Waals surface area contributed by atoms with Crippen molar-refractivity contribution in [3.63, 3.8) is 0 Å². The molecule has 252 valence electrons. The number of hydrogen-bond donors (Lipinski definition) is 1. The lowest BCUT2D eigenvalue weighted by Crippen LogP contribution is -2.51. The van der Waals surface area contributed by atoms with Crippen LogP contribution >= 0.6 is 0 Å². The average molecular weight is 661 g/mol. The number of rotatable bonds is 13. The summed E-state index contributed by atoms with van der Waals surface area (Å²) >= 11 is 0. The minimum atomic E-state index is -4.14. The first-order valence-corrected chi connectivity index (χ1v) is 17.3. The molecule has 3 aliphatic rings. The molecule has 0 aromatic heterocycles. The predicted molar refractivity (Wildman–Crippen MR) is 163 cm³/mol. The van der Waals surface area contributed by atoms with Crippen LogP contribution < -0.4 is 10.2 Å². The molecule has 1 saturated heterocycles. The van der Waals surface area contributed by atoms with Gasteiger partial charge in [0, 0.05) is 44.6 Å². The monoisotopic (exact) mass is 660 g/mol. The first-order chi connectivity index (χ1) is 21.2. The largest absolute Gasteiger partial charge is 0.389 e. The predicted octanol–water partition coefficient (Wildman–Crippen LogP) is 4.72. The number of aliphatic imine (C=N–C) groups is 1. The third kappa shape index (κ3) is 9.25. The van der Waals surface area contributed by atoms with Crippen molar-refractivity contribution in [1.82, 2.24) is 9.62 Å². The number of anilines is 1. The smallest absolute Gasteiger partial charge is 0.377 e. The van der Waals surface area contributed by atoms with Crippen molar-refractivity contribution < 1.29 is 40.3 Å². The second-order valence-corrected chi connectivity index (χ2v) is 14.5. The van der Waals surface area contributed by atoms with Crippen molar-refractivity contribution in [2.45, 2.75) is 83.4 Å². The van der Waals surface area contributed by atoms with Crippen LogP contribution in [0.1, 0.15) is 69.4 Å². The number of carbonyl (C=O) groups excluding carboxylic acids is 2. The number of ether oxygens (including phenoxy) is 1. The highest BCUT2D eigenvalue weighted by Gasteiger charge is 2.48. The van der Waals surface area contributed by atoms with E-state index in [2.05, 4.69) is 5.32 Å². The third-order valence-electron chi connectivity index (χ3n) is 9.34. The van der Waals surface area contributed by atoms with Gasteiger partial charge in [0.1, 0.15) is 18.0 Å². The Bertz CT molecular complexity index is 1340. The molecule has 9 nitrogen and oxygen atoms in total. The van der Waals surface area contributed by atoms with Gasteiger partial charge in [-0.2, -0.15) is 13.2 Å². The molecule has 1 aliphatic carbocycles. The lowest BCUT2D eigenvalue weighted by Gasteiger charge is -2.34. The molecule has 0 unspecified atom stereocenters. The molecule has 1 aromatic rings. The van der Waals surface area contributed by atoms with Crippen molar-refractivity contribution in [1.29, 1.82) is 0 Å². The molecular weight excluding hydrogens is 616 g/mol. The molecule has 0 atom stereocenters. The Morgan fingerprint density at radius 1 is 1.16 bits per heavy atom. The van der Waals surface area contributed by atoms with Crippen LogP contribution in [0.2, 0.25) is 0 Å². The molecule has 0 bridgehead atoms. The van der Waals surface area contributed by atoms with E-state index in [0.29, 0.717) is 37.2 Å². The molecule has 2 amide bonds. The second-order valence-electron chi connectivity index (χ2n) is 12.4. The number of benzene rings is 1. The second kappa shape index (κ2) is 14.9. The zero-order chi connectivity index (χ0) is 32.8. The molecule has 1 spiro atoms. The van der Waals surface area contributed by atoms with Gasteiger partial charge in [-0.05, 0) is 87.5 Å². The first kappa shape index (κ1) is 35.3. The number of amidine groups is 1. The number of nitrogens with zero attached hydrogens (tertiary/aromatic N) is 3. The van der Waals surface area contributed by atoms with Gasteiger partial charge in [-0.3, -0.25) is 14.6 Å². The summed E-state index contributed by atoms with van der Waals surface area (Å²) in [6, 6.07) is 5.40. The molecule has 4 rings (SSSR count). The fourth-order valence-corrected chi connectivity index (χ4v) is 8.05. The lowest BCUT2D eigenvalue weighted by molar-refractivity contribution is -0.138. The Balaban J connectivity index is 1.29. The van der Waals surface area contributed by atoms with Gasteiger partial charge in [-0.1, -0.05) is 6.07 Å². The van der Waals surface area contributed by atoms with E-state index in [4.69, 9.17) is 9.73 Å². The van der Waals surface area contributed by atoms with Crippen molar-refractivity contribution in [3.05, 3.63) is 29.3 Å². The average Bonchev–Trinajstić information content (AvgIpc) is 3.30. The number of halogens is 4. The van der Waals surface area contributed by atoms with Gasteiger partial charge in [-0.15, -0.1) is 0 Å². The molecular formula is C31H44F4N4O5S. The van der Waals surface area contributed by atoms with E-state index in [0.717, 1.165) is 11.1 Å². The Morgan fingerprint density at radius 2 is 1.84 bits per heavy atom. The van der Waals surface area contributed by atoms with Crippen LogP contribution in [-0.2, 0) is 30.8 Å². The van der Waals surface area contributed by atoms with E-state index < -0.39 is 34.8 Å². The number of alkyl halides is 4. The number of carbonyl (C=O) groups is 2. The number of piperidine rings is 1. The summed E-state index contributed by atoms with van der Waals surface area (Å²) in [5.41, 5.74) is 1.34. The number of sulfonamides is 1. The van der Waals surface area contributed by atoms with Gasteiger partial charge in [-0.25, -0.2) is 17.1 Å². The Hall–Kier alpha value is -2.58. The van der Waals surface area contributed by atoms with E-state index in [1.165, 1.54) is 16.1 Å². The van der Waals surface area contributed by atoms with E-state index in [1.54, 1.807) is 6.07 Å². The van der Waals surface area contributed by atoms with E-state index in [9.17, 15) is 35.6 Å². The molecule has 2 fully saturated rings. The van der Waals surface area contributed by atoms with Crippen LogP contribution in [0.5, 0.6) is 0 Å². The number of hydrogen-bond acceptors (Lipinski definition) is 6. The maximum Gasteiger partial charge on any atom is 0.389 e. The van der Waals surface area contributed by atoms with Crippen LogP contribution in [0.3, 0.4) is 0 Å². The third-order valence-corrected chi connectivity index (χ3v) is 11.2. The minimum absolute atomic E-state index is 0.00377. The number of amides is 2. The van der Waals surface area contributed by atoms with Crippen LogP contribution in [0.4, 0.5) is 23.2 Å². The van der Waals surface area contributed by atoms with Gasteiger partial charge in [0.25, 0.3) is 5.91 Å². The molecule has 14 heteroatoms. The number of aryl methyl sites for hydroxylation is 2. The van der Waals surface area contributed by atoms with Crippen LogP contribution in [0, 0.1) is 18.8 Å². The molecule has 2 heterocycles. The Kier molecular flexibility index (Phi) is 11.7. The van der Waals surface area contributed by atoms with Gasteiger partial charge < -0.3 is 15.0 Å². The van der Waals surface area contributed by atoms with Crippen LogP contribution in [0.25, 0.3) is 0 Å². The highest BCUT2D eigenvalue weighted by molar-refractivity contribution is 7.89. The van der Waals surface area contributed by atoms with E-state index in [-0.39, 0.29) is 87.9 Å². The minimum Gasteiger partial charge on any atom is -0.377 e. The molecule has 1 saturated carbocycles. The zero-order valence-electron chi connectivity index (χ0n) is 26.0. The summed E-state index contributed by atoms with van der Waals surface area (Å²) in [7, 11) is -3.61. The molecule has 2 aliphatic heterocycles. The summed E-state index contributed by atoms with van der Waals surface area (Å²) in [5, 5.41) is 2.91. The SMILES string of the molecule is CC(=O)N(CCOCCF)c1ccc(CCS(=O)(=O)N2CCC3(CC2)N=C(C2CCC(CCC(F)(F)F)CC2)NC3=O)c(C)c1. The molecule has 1 N–H and O–H groups in total. The van der Waals surface area contributed by atoms with Gasteiger partial charge in [0.2, 0.25) is 15.9 Å². The lowest BCUT2D eigenvalue weighted by atomic mass is 9.79. The van der Waals surface area contributed by atoms with Gasteiger partial charge >= 0.3 is 6.18 Å². The molecule has 1 aromatic carbocycles. The zero-order valence-corrected chi connectivity index (χ0v) is 26.8. The summed E-state index contributed by atoms with van der Waals surface area (Å²) in [4.78, 5) is 31.5. The van der Waals surface area contributed by atoms with Crippen LogP contribution in [0.15, 0.2) is 23.2 Å². The van der Waals surface area contributed by atoms with E-state index >= 15 is 0 Å². The van der Waals surface area contributed by atoms with Crippen molar-refractivity contribution in [2.75, 3.05) is 50.2 Å². The van der Waals surface area contributed by atoms with Crippen molar-refractivity contribution >= 4 is 33.4 Å². The number of nitrogens with one attached hydrogen (secondary N) is 1. The normalized spacial score (nSPS) is 22.4. The summed E-state index contributed by atoms with van der Waals surface area (Å²) in [6.45, 7) is 3.49. The van der Waals surface area contributed by atoms with Crippen LogP contribution in [-0.4, -0.2) is 87.4 Å². The maximum absolute atomic E-state index is 13.3. The first-order valence-electron chi connectivity index (χ1n) is 15.7. The quantitative estimate of drug-likeness (QED) is 0.244. The highest BCUT2D eigenvalue weighted by Crippen LogP contribution is 2.38. The summed E-state index contributed by atoms with van der Waals surface area (Å²) < 4.78 is 83.2. The Labute approximate surface area is 262 Å². The van der Waals surface area contributed by atoms with Gasteiger partial charge in [0.05, 0.1) is 19.0 Å². The standard InChI is InChI=1S/C31H44F4N4O5S/c1-22-21-27(39(23(2)40)17-19-44-18-14-32)8-7-25(22)10-20-45(42,43)38-15-12-30(13-16-38)29(41)36-28(37-30)26-5-3-24(4-6-26)9-11-31(33,34)35/h7-8,21,24,26H,3-6,9-20H2,1-2H3,(H,36,37,41). The molecule has 45 heavy (non-hydrogen) atoms. The van der Waals surface area contributed by atoms with Crippen molar-refractivity contribution in [3.8, 4) is 0 Å². The fraction of sp³-hybridized carbons (Fsp3) is 0.710. The molecule has 0 radical (unpaired) electrons. The van der Waals surface area contributed by atoms with Gasteiger partial charge in [0.15, 0.2) is 0 Å². The fourth-order valence-electron chi connectivity index (χ4n) is 6.58. The summed E-state index contributed by atoms with van der Waals surface area (Å²) in [5.74, 6) is 0.115. The van der Waals surface area contributed by atoms with E-state index in [1.807, 2.05) is 19.1 Å². The maximum atomic E-state index is 13.3. The highest BCUT2D eigenvalue weighted by atomic mass is 32.2. The Morgan fingerprint density at radius 3 is 2.44 bits per heavy atom.